The molecule has 1 heterocycles. The average molecular weight is 514 g/mol. The molecule has 1 saturated heterocycles. The molecule has 0 N–H and O–H groups in total. The first kappa shape index (κ1) is 26.2. The minimum absolute atomic E-state index is 0.146. The number of carbonyl (C=O) groups excluding carboxylic acids is 3. The van der Waals surface area contributed by atoms with E-state index in [1.807, 2.05) is 18.2 Å². The van der Waals surface area contributed by atoms with Crippen LogP contribution in [-0.4, -0.2) is 56.5 Å². The highest BCUT2D eigenvalue weighted by Crippen LogP contribution is 2.30. The van der Waals surface area contributed by atoms with E-state index in [4.69, 9.17) is 19.5 Å². The van der Waals surface area contributed by atoms with Crippen LogP contribution in [0, 0.1) is 11.3 Å². The van der Waals surface area contributed by atoms with Gasteiger partial charge in [0.15, 0.2) is 11.5 Å². The smallest absolute Gasteiger partial charge is 0.257 e. The van der Waals surface area contributed by atoms with Crippen LogP contribution in [0.25, 0.3) is 0 Å². The van der Waals surface area contributed by atoms with Crippen LogP contribution in [0.4, 0.5) is 5.69 Å². The summed E-state index contributed by atoms with van der Waals surface area (Å²) in [7, 11) is 4.63. The van der Waals surface area contributed by atoms with Gasteiger partial charge >= 0.3 is 0 Å². The molecule has 0 aliphatic carbocycles. The maximum Gasteiger partial charge on any atom is 0.257 e. The molecule has 3 aromatic carbocycles. The van der Waals surface area contributed by atoms with Gasteiger partial charge < -0.3 is 19.1 Å². The third kappa shape index (κ3) is 5.30. The number of ether oxygens (including phenoxy) is 3. The number of amides is 3. The van der Waals surface area contributed by atoms with E-state index < -0.39 is 17.9 Å². The fraction of sp³-hybridized carbons (Fsp3) is 0.241. The van der Waals surface area contributed by atoms with Crippen molar-refractivity contribution in [2.75, 3.05) is 32.8 Å². The van der Waals surface area contributed by atoms with Gasteiger partial charge in [0.25, 0.3) is 11.8 Å². The van der Waals surface area contributed by atoms with Gasteiger partial charge in [-0.05, 0) is 72.6 Å². The third-order valence-electron chi connectivity index (χ3n) is 6.44. The molecule has 0 radical (unpaired) electrons. The predicted molar refractivity (Wildman–Crippen MR) is 139 cm³/mol. The van der Waals surface area contributed by atoms with Crippen LogP contribution in [0.3, 0.4) is 0 Å². The highest BCUT2D eigenvalue weighted by atomic mass is 16.5. The summed E-state index contributed by atoms with van der Waals surface area (Å²) in [5.74, 6) is 0.449. The minimum atomic E-state index is -0.979. The van der Waals surface area contributed by atoms with Crippen LogP contribution in [0.1, 0.15) is 27.9 Å². The zero-order chi connectivity index (χ0) is 27.2. The molecule has 4 rings (SSSR count). The molecule has 0 saturated carbocycles. The number of nitriles is 1. The van der Waals surface area contributed by atoms with Crippen LogP contribution in [0.2, 0.25) is 0 Å². The second-order valence-electron chi connectivity index (χ2n) is 8.61. The van der Waals surface area contributed by atoms with Gasteiger partial charge in [-0.25, -0.2) is 4.90 Å². The van der Waals surface area contributed by atoms with E-state index in [9.17, 15) is 14.4 Å². The van der Waals surface area contributed by atoms with E-state index in [2.05, 4.69) is 0 Å². The van der Waals surface area contributed by atoms with E-state index in [1.165, 1.54) is 12.0 Å². The molecule has 3 aromatic rings. The molecule has 0 aromatic heterocycles. The Labute approximate surface area is 220 Å². The summed E-state index contributed by atoms with van der Waals surface area (Å²) in [5, 5.41) is 9.07. The predicted octanol–water partition coefficient (Wildman–Crippen LogP) is 3.60. The molecule has 1 aliphatic heterocycles. The third-order valence-corrected chi connectivity index (χ3v) is 6.44. The number of rotatable bonds is 9. The molecule has 38 heavy (non-hydrogen) atoms. The summed E-state index contributed by atoms with van der Waals surface area (Å²) in [6, 6.07) is 19.3. The van der Waals surface area contributed by atoms with Crippen LogP contribution in [0.15, 0.2) is 66.7 Å². The quantitative estimate of drug-likeness (QED) is 0.402. The van der Waals surface area contributed by atoms with Crippen molar-refractivity contribution in [2.24, 2.45) is 0 Å². The molecule has 9 heteroatoms. The van der Waals surface area contributed by atoms with Crippen LogP contribution in [-0.2, 0) is 16.0 Å². The van der Waals surface area contributed by atoms with Crippen molar-refractivity contribution in [2.45, 2.75) is 18.9 Å². The molecule has 1 unspecified atom stereocenters. The Morgan fingerprint density at radius 1 is 0.947 bits per heavy atom. The van der Waals surface area contributed by atoms with Crippen molar-refractivity contribution in [3.63, 3.8) is 0 Å². The topological polar surface area (TPSA) is 109 Å². The number of benzene rings is 3. The normalized spacial score (nSPS) is 14.7. The lowest BCUT2D eigenvalue weighted by molar-refractivity contribution is -0.122. The Bertz CT molecular complexity index is 1380. The molecule has 1 aliphatic rings. The summed E-state index contributed by atoms with van der Waals surface area (Å²) in [6.45, 7) is 0.186. The second kappa shape index (κ2) is 11.5. The van der Waals surface area contributed by atoms with E-state index in [1.54, 1.807) is 68.8 Å². The summed E-state index contributed by atoms with van der Waals surface area (Å²) < 4.78 is 15.9. The first-order chi connectivity index (χ1) is 18.4. The molecule has 9 nitrogen and oxygen atoms in total. The Hall–Kier alpha value is -4.84. The van der Waals surface area contributed by atoms with Gasteiger partial charge in [-0.2, -0.15) is 5.26 Å². The van der Waals surface area contributed by atoms with Gasteiger partial charge in [-0.1, -0.05) is 6.07 Å². The fourth-order valence-electron chi connectivity index (χ4n) is 4.40. The molecule has 194 valence electrons. The number of carbonyl (C=O) groups is 3. The number of methoxy groups -OCH3 is 3. The molecule has 3 amide bonds. The maximum atomic E-state index is 13.7. The molecule has 1 atom stereocenters. The van der Waals surface area contributed by atoms with E-state index in [0.717, 1.165) is 10.5 Å². The van der Waals surface area contributed by atoms with Gasteiger partial charge in [0.2, 0.25) is 5.91 Å². The molecule has 0 spiro atoms. The molecular weight excluding hydrogens is 486 g/mol. The number of hydrogen-bond donors (Lipinski definition) is 0. The summed E-state index contributed by atoms with van der Waals surface area (Å²) in [4.78, 5) is 42.7. The SMILES string of the molecule is COc1ccc(C(=O)N(CCc2ccc(OC)c(OC)c2)C2CC(=O)N(c3ccc(C#N)cc3)C2=O)cc1. The Morgan fingerprint density at radius 2 is 1.63 bits per heavy atom. The maximum absolute atomic E-state index is 13.7. The van der Waals surface area contributed by atoms with Crippen molar-refractivity contribution in [1.82, 2.24) is 4.90 Å². The van der Waals surface area contributed by atoms with Gasteiger partial charge in [0.05, 0.1) is 45.1 Å². The zero-order valence-corrected chi connectivity index (χ0v) is 21.3. The first-order valence-corrected chi connectivity index (χ1v) is 11.9. The van der Waals surface area contributed by atoms with Crippen molar-refractivity contribution >= 4 is 23.4 Å². The molecule has 1 fully saturated rings. The number of imide groups is 1. The molecule has 0 bridgehead atoms. The minimum Gasteiger partial charge on any atom is -0.497 e. The van der Waals surface area contributed by atoms with Gasteiger partial charge in [0, 0.05) is 12.1 Å². The van der Waals surface area contributed by atoms with Crippen molar-refractivity contribution < 1.29 is 28.6 Å². The van der Waals surface area contributed by atoms with E-state index in [0.29, 0.717) is 40.5 Å². The second-order valence-corrected chi connectivity index (χ2v) is 8.61. The van der Waals surface area contributed by atoms with Gasteiger partial charge in [0.1, 0.15) is 11.8 Å². The summed E-state index contributed by atoms with van der Waals surface area (Å²) in [5.41, 5.74) is 2.01. The highest BCUT2D eigenvalue weighted by molar-refractivity contribution is 6.23. The lowest BCUT2D eigenvalue weighted by atomic mass is 10.1. The Morgan fingerprint density at radius 3 is 2.24 bits per heavy atom. The van der Waals surface area contributed by atoms with E-state index >= 15 is 0 Å². The fourth-order valence-corrected chi connectivity index (χ4v) is 4.40. The first-order valence-electron chi connectivity index (χ1n) is 11.9. The monoisotopic (exact) mass is 513 g/mol. The van der Waals surface area contributed by atoms with Crippen LogP contribution >= 0.6 is 0 Å². The lowest BCUT2D eigenvalue weighted by Crippen LogP contribution is -2.46. The number of hydrogen-bond acceptors (Lipinski definition) is 7. The largest absolute Gasteiger partial charge is 0.497 e. The number of nitrogens with zero attached hydrogens (tertiary/aromatic N) is 3. The van der Waals surface area contributed by atoms with Gasteiger partial charge in [-0.3, -0.25) is 14.4 Å². The summed E-state index contributed by atoms with van der Waals surface area (Å²) >= 11 is 0. The van der Waals surface area contributed by atoms with Crippen molar-refractivity contribution in [3.8, 4) is 23.3 Å². The Kier molecular flexibility index (Phi) is 7.92. The van der Waals surface area contributed by atoms with Gasteiger partial charge in [-0.15, -0.1) is 0 Å². The van der Waals surface area contributed by atoms with Crippen LogP contribution < -0.4 is 19.1 Å². The summed E-state index contributed by atoms with van der Waals surface area (Å²) in [6.07, 6.45) is 0.268. The van der Waals surface area contributed by atoms with Crippen LogP contribution in [0.5, 0.6) is 17.2 Å². The standard InChI is InChI=1S/C29H27N3O6/c1-36-23-11-7-21(8-12-23)28(34)31(15-14-19-6-13-25(37-2)26(16-19)38-3)24-17-27(33)32(29(24)35)22-9-4-20(18-30)5-10-22/h4-13,16,24H,14-15,17H2,1-3H3. The Balaban J connectivity index is 1.63. The van der Waals surface area contributed by atoms with E-state index in [-0.39, 0.29) is 18.9 Å². The van der Waals surface area contributed by atoms with Crippen molar-refractivity contribution in [3.05, 3.63) is 83.4 Å². The highest BCUT2D eigenvalue weighted by Gasteiger charge is 2.44. The molecular formula is C29H27N3O6. The lowest BCUT2D eigenvalue weighted by Gasteiger charge is -2.28. The van der Waals surface area contributed by atoms with Crippen molar-refractivity contribution in [1.29, 1.82) is 5.26 Å². The zero-order valence-electron chi connectivity index (χ0n) is 21.3. The average Bonchev–Trinajstić information content (AvgIpc) is 3.25. The number of anilines is 1.